The van der Waals surface area contributed by atoms with Crippen molar-refractivity contribution in [2.24, 2.45) is 10.4 Å². The number of hydrogen-bond donors (Lipinski definition) is 2. The van der Waals surface area contributed by atoms with Crippen molar-refractivity contribution in [1.29, 1.82) is 0 Å². The second kappa shape index (κ2) is 11.7. The Morgan fingerprint density at radius 1 is 1.21 bits per heavy atom. The summed E-state index contributed by atoms with van der Waals surface area (Å²) in [4.78, 5) is 4.87. The fraction of sp³-hybridized carbons (Fsp3) is 0.722. The van der Waals surface area contributed by atoms with E-state index in [-0.39, 0.29) is 24.0 Å². The zero-order chi connectivity index (χ0) is 16.4. The number of guanidine groups is 1. The quantitative estimate of drug-likeness (QED) is 0.347. The SMILES string of the molecule is CCNC(=NCC1(CCOC)CCCC1)NCCn1cccc1.I. The molecule has 1 saturated carbocycles. The van der Waals surface area contributed by atoms with Crippen molar-refractivity contribution in [3.05, 3.63) is 24.5 Å². The summed E-state index contributed by atoms with van der Waals surface area (Å²) in [5, 5.41) is 6.80. The molecule has 0 aliphatic heterocycles. The van der Waals surface area contributed by atoms with Crippen LogP contribution in [0.4, 0.5) is 0 Å². The van der Waals surface area contributed by atoms with Crippen LogP contribution in [-0.2, 0) is 11.3 Å². The van der Waals surface area contributed by atoms with E-state index in [2.05, 4.69) is 46.7 Å². The molecule has 1 aliphatic rings. The van der Waals surface area contributed by atoms with E-state index in [0.717, 1.165) is 45.2 Å². The summed E-state index contributed by atoms with van der Waals surface area (Å²) in [5.41, 5.74) is 0.346. The predicted molar refractivity (Wildman–Crippen MR) is 111 cm³/mol. The molecule has 0 bridgehead atoms. The van der Waals surface area contributed by atoms with Crippen LogP contribution < -0.4 is 10.6 Å². The smallest absolute Gasteiger partial charge is 0.191 e. The highest BCUT2D eigenvalue weighted by Gasteiger charge is 2.33. The molecule has 2 rings (SSSR count). The number of halogens is 1. The number of rotatable bonds is 9. The lowest BCUT2D eigenvalue weighted by atomic mass is 9.83. The molecule has 0 saturated heterocycles. The molecule has 24 heavy (non-hydrogen) atoms. The minimum Gasteiger partial charge on any atom is -0.385 e. The highest BCUT2D eigenvalue weighted by molar-refractivity contribution is 14.0. The number of nitrogens with zero attached hydrogens (tertiary/aromatic N) is 2. The topological polar surface area (TPSA) is 50.6 Å². The van der Waals surface area contributed by atoms with Gasteiger partial charge in [-0.25, -0.2) is 0 Å². The molecule has 138 valence electrons. The van der Waals surface area contributed by atoms with Gasteiger partial charge in [0.1, 0.15) is 0 Å². The van der Waals surface area contributed by atoms with Crippen LogP contribution in [0.15, 0.2) is 29.5 Å². The molecule has 0 spiro atoms. The van der Waals surface area contributed by atoms with Gasteiger partial charge in [0.25, 0.3) is 0 Å². The van der Waals surface area contributed by atoms with Crippen LogP contribution in [0.2, 0.25) is 0 Å². The molecule has 2 N–H and O–H groups in total. The van der Waals surface area contributed by atoms with Crippen molar-refractivity contribution >= 4 is 29.9 Å². The largest absolute Gasteiger partial charge is 0.385 e. The molecule has 0 amide bonds. The van der Waals surface area contributed by atoms with Gasteiger partial charge in [0.05, 0.1) is 0 Å². The zero-order valence-corrected chi connectivity index (χ0v) is 17.4. The van der Waals surface area contributed by atoms with E-state index in [4.69, 9.17) is 9.73 Å². The van der Waals surface area contributed by atoms with Crippen LogP contribution in [0.3, 0.4) is 0 Å². The number of methoxy groups -OCH3 is 1. The van der Waals surface area contributed by atoms with E-state index in [0.29, 0.717) is 5.41 Å². The Labute approximate surface area is 163 Å². The van der Waals surface area contributed by atoms with E-state index in [9.17, 15) is 0 Å². The van der Waals surface area contributed by atoms with Gasteiger partial charge in [-0.05, 0) is 43.7 Å². The number of hydrogen-bond acceptors (Lipinski definition) is 2. The van der Waals surface area contributed by atoms with Crippen molar-refractivity contribution in [3.63, 3.8) is 0 Å². The second-order valence-electron chi connectivity index (χ2n) is 6.49. The molecule has 1 heterocycles. The fourth-order valence-electron chi connectivity index (χ4n) is 3.34. The highest BCUT2D eigenvalue weighted by Crippen LogP contribution is 2.41. The van der Waals surface area contributed by atoms with Crippen LogP contribution in [-0.4, -0.2) is 43.9 Å². The lowest BCUT2D eigenvalue weighted by Gasteiger charge is -2.27. The molecule has 0 atom stereocenters. The first-order chi connectivity index (χ1) is 11.3. The van der Waals surface area contributed by atoms with Gasteiger partial charge in [0, 0.05) is 52.3 Å². The lowest BCUT2D eigenvalue weighted by Crippen LogP contribution is -2.39. The van der Waals surface area contributed by atoms with E-state index >= 15 is 0 Å². The van der Waals surface area contributed by atoms with E-state index in [1.807, 2.05) is 0 Å². The summed E-state index contributed by atoms with van der Waals surface area (Å²) in [6, 6.07) is 4.11. The Morgan fingerprint density at radius 2 is 1.92 bits per heavy atom. The van der Waals surface area contributed by atoms with E-state index < -0.39 is 0 Å². The molecule has 1 aromatic heterocycles. The van der Waals surface area contributed by atoms with E-state index in [1.54, 1.807) is 7.11 Å². The second-order valence-corrected chi connectivity index (χ2v) is 6.49. The molecule has 1 fully saturated rings. The number of aliphatic imine (C=N–C) groups is 1. The maximum Gasteiger partial charge on any atom is 0.191 e. The maximum absolute atomic E-state index is 5.31. The van der Waals surface area contributed by atoms with Crippen molar-refractivity contribution in [3.8, 4) is 0 Å². The Kier molecular flexibility index (Phi) is 10.4. The summed E-state index contributed by atoms with van der Waals surface area (Å²) >= 11 is 0. The molecular formula is C18H33IN4O. The Hall–Kier alpha value is -0.760. The third-order valence-electron chi connectivity index (χ3n) is 4.75. The van der Waals surface area contributed by atoms with Crippen LogP contribution >= 0.6 is 24.0 Å². The minimum atomic E-state index is 0. The van der Waals surface area contributed by atoms with Crippen LogP contribution in [0.1, 0.15) is 39.0 Å². The molecule has 5 nitrogen and oxygen atoms in total. The Bertz CT molecular complexity index is 456. The molecule has 0 radical (unpaired) electrons. The van der Waals surface area contributed by atoms with Gasteiger partial charge in [-0.2, -0.15) is 0 Å². The minimum absolute atomic E-state index is 0. The normalized spacial score (nSPS) is 16.7. The van der Waals surface area contributed by atoms with Crippen LogP contribution in [0.5, 0.6) is 0 Å². The lowest BCUT2D eigenvalue weighted by molar-refractivity contribution is 0.141. The summed E-state index contributed by atoms with van der Waals surface area (Å²) < 4.78 is 7.48. The van der Waals surface area contributed by atoms with Crippen molar-refractivity contribution in [1.82, 2.24) is 15.2 Å². The number of ether oxygens (including phenoxy) is 1. The third kappa shape index (κ3) is 7.01. The molecule has 0 unspecified atom stereocenters. The van der Waals surface area contributed by atoms with Gasteiger partial charge in [0.15, 0.2) is 5.96 Å². The maximum atomic E-state index is 5.31. The molecular weight excluding hydrogens is 415 g/mol. The number of aromatic nitrogens is 1. The summed E-state index contributed by atoms with van der Waals surface area (Å²) in [6.07, 6.45) is 10.5. The standard InChI is InChI=1S/C18H32N4O.HI/c1-3-19-17(20-11-14-22-12-6-7-13-22)21-16-18(10-15-23-2)8-4-5-9-18;/h6-7,12-13H,3-5,8-11,14-16H2,1-2H3,(H2,19,20,21);1H. The first-order valence-corrected chi connectivity index (χ1v) is 8.90. The summed E-state index contributed by atoms with van der Waals surface area (Å²) in [7, 11) is 1.79. The summed E-state index contributed by atoms with van der Waals surface area (Å²) in [5.74, 6) is 0.934. The average Bonchev–Trinajstić information content (AvgIpc) is 3.23. The van der Waals surface area contributed by atoms with Crippen LogP contribution in [0, 0.1) is 5.41 Å². The van der Waals surface area contributed by atoms with Crippen molar-refractivity contribution in [2.75, 3.05) is 33.4 Å². The molecule has 1 aliphatic carbocycles. The number of nitrogens with one attached hydrogen (secondary N) is 2. The first kappa shape index (κ1) is 21.3. The van der Waals surface area contributed by atoms with Gasteiger partial charge in [-0.1, -0.05) is 12.8 Å². The first-order valence-electron chi connectivity index (χ1n) is 8.90. The Balaban J connectivity index is 0.00000288. The van der Waals surface area contributed by atoms with Gasteiger partial charge in [-0.3, -0.25) is 4.99 Å². The van der Waals surface area contributed by atoms with Gasteiger partial charge in [-0.15, -0.1) is 24.0 Å². The molecule has 1 aromatic rings. The zero-order valence-electron chi connectivity index (χ0n) is 15.1. The van der Waals surface area contributed by atoms with Gasteiger partial charge >= 0.3 is 0 Å². The average molecular weight is 448 g/mol. The van der Waals surface area contributed by atoms with Crippen molar-refractivity contribution in [2.45, 2.75) is 45.6 Å². The van der Waals surface area contributed by atoms with Gasteiger partial charge in [0.2, 0.25) is 0 Å². The Morgan fingerprint density at radius 3 is 2.54 bits per heavy atom. The summed E-state index contributed by atoms with van der Waals surface area (Å²) in [6.45, 7) is 6.57. The van der Waals surface area contributed by atoms with Crippen LogP contribution in [0.25, 0.3) is 0 Å². The highest BCUT2D eigenvalue weighted by atomic mass is 127. The predicted octanol–water partition coefficient (Wildman–Crippen LogP) is 3.26. The van der Waals surface area contributed by atoms with Gasteiger partial charge < -0.3 is 19.9 Å². The fourth-order valence-corrected chi connectivity index (χ4v) is 3.34. The molecule has 6 heteroatoms. The molecule has 0 aromatic carbocycles. The van der Waals surface area contributed by atoms with Crippen molar-refractivity contribution < 1.29 is 4.74 Å². The van der Waals surface area contributed by atoms with E-state index in [1.165, 1.54) is 25.7 Å². The third-order valence-corrected chi connectivity index (χ3v) is 4.75. The monoisotopic (exact) mass is 448 g/mol.